The second-order valence-corrected chi connectivity index (χ2v) is 11.0. The van der Waals surface area contributed by atoms with Gasteiger partial charge < -0.3 is 32.5 Å². The first-order chi connectivity index (χ1) is 19.2. The molecule has 9 nitrogen and oxygen atoms in total. The van der Waals surface area contributed by atoms with E-state index in [9.17, 15) is 14.4 Å². The standard InChI is InChI=1S/C24H50S.3C2H5NO2.Na/c1-3-5-7-9-11-13-15-17-19-21-23-25-24-22-20-18-16-14-12-10-8-6-4-2;3*3-1-2(4)5;/h3-24H2,1-2H3;3*1,3H2,(H,4,5);. The van der Waals surface area contributed by atoms with E-state index < -0.39 is 17.9 Å². The van der Waals surface area contributed by atoms with Gasteiger partial charge in [-0.25, -0.2) is 0 Å². The predicted octanol–water partition coefficient (Wildman–Crippen LogP) is 6.27. The van der Waals surface area contributed by atoms with Crippen LogP contribution < -0.4 is 17.2 Å². The Morgan fingerprint density at radius 1 is 0.439 bits per heavy atom. The average molecular weight is 619 g/mol. The third kappa shape index (κ3) is 73.5. The largest absolute Gasteiger partial charge is 0.480 e. The molecule has 41 heavy (non-hydrogen) atoms. The van der Waals surface area contributed by atoms with E-state index in [0.29, 0.717) is 0 Å². The van der Waals surface area contributed by atoms with Crippen LogP contribution in [0.4, 0.5) is 0 Å². The van der Waals surface area contributed by atoms with E-state index in [4.69, 9.17) is 15.3 Å². The molecule has 11 heteroatoms. The molecule has 243 valence electrons. The Hall–Kier alpha value is -0.360. The smallest absolute Gasteiger partial charge is 0.317 e. The predicted molar refractivity (Wildman–Crippen MR) is 177 cm³/mol. The van der Waals surface area contributed by atoms with Crippen molar-refractivity contribution < 1.29 is 29.7 Å². The SMILES string of the molecule is CCCCCCCCCCCCSCCCCCCCCCCCC.NCC(=O)O.NCC(=O)O.NCC(=O)O.[Na]. The van der Waals surface area contributed by atoms with Gasteiger partial charge in [-0.1, -0.05) is 129 Å². The zero-order valence-electron chi connectivity index (χ0n) is 26.9. The van der Waals surface area contributed by atoms with Crippen molar-refractivity contribution in [3.63, 3.8) is 0 Å². The summed E-state index contributed by atoms with van der Waals surface area (Å²) < 4.78 is 0. The molecule has 0 aliphatic heterocycles. The van der Waals surface area contributed by atoms with Gasteiger partial charge in [0.1, 0.15) is 0 Å². The second kappa shape index (κ2) is 49.3. The van der Waals surface area contributed by atoms with Crippen molar-refractivity contribution in [2.45, 2.75) is 142 Å². The quantitative estimate of drug-likeness (QED) is 0.0502. The number of hydrogen-bond acceptors (Lipinski definition) is 7. The van der Waals surface area contributed by atoms with Crippen molar-refractivity contribution in [3.05, 3.63) is 0 Å². The number of carbonyl (C=O) groups is 3. The van der Waals surface area contributed by atoms with E-state index in [1.165, 1.54) is 140 Å². The van der Waals surface area contributed by atoms with Crippen LogP contribution in [-0.2, 0) is 14.4 Å². The Morgan fingerprint density at radius 3 is 0.780 bits per heavy atom. The number of hydrogen-bond donors (Lipinski definition) is 6. The Bertz CT molecular complexity index is 465. The van der Waals surface area contributed by atoms with Gasteiger partial charge in [0.15, 0.2) is 0 Å². The minimum absolute atomic E-state index is 0. The summed E-state index contributed by atoms with van der Waals surface area (Å²) in [6, 6.07) is 0. The first kappa shape index (κ1) is 50.3. The summed E-state index contributed by atoms with van der Waals surface area (Å²) in [6.45, 7) is 3.77. The molecule has 1 radical (unpaired) electrons. The number of unbranched alkanes of at least 4 members (excludes halogenated alkanes) is 18. The maximum Gasteiger partial charge on any atom is 0.317 e. The minimum Gasteiger partial charge on any atom is -0.480 e. The number of carboxylic acid groups (broad SMARTS) is 3. The van der Waals surface area contributed by atoms with Crippen molar-refractivity contribution in [1.29, 1.82) is 0 Å². The summed E-state index contributed by atoms with van der Waals surface area (Å²) in [6.07, 6.45) is 29.2. The fraction of sp³-hybridized carbons (Fsp3) is 0.900. The van der Waals surface area contributed by atoms with Crippen molar-refractivity contribution in [1.82, 2.24) is 0 Å². The van der Waals surface area contributed by atoms with Crippen LogP contribution in [0.5, 0.6) is 0 Å². The Kier molecular flexibility index (Phi) is 60.5. The summed E-state index contributed by atoms with van der Waals surface area (Å²) in [5.41, 5.74) is 13.7. The van der Waals surface area contributed by atoms with E-state index in [-0.39, 0.29) is 49.2 Å². The van der Waals surface area contributed by atoms with Crippen molar-refractivity contribution >= 4 is 59.2 Å². The van der Waals surface area contributed by atoms with Crippen LogP contribution >= 0.6 is 11.8 Å². The van der Waals surface area contributed by atoms with Crippen LogP contribution in [0.2, 0.25) is 0 Å². The fourth-order valence-corrected chi connectivity index (χ4v) is 4.51. The fourth-order valence-electron chi connectivity index (χ4n) is 3.49. The molecule has 0 saturated carbocycles. The van der Waals surface area contributed by atoms with Crippen LogP contribution in [0.25, 0.3) is 0 Å². The Labute approximate surface area is 278 Å². The Balaban J connectivity index is -0.000000220. The van der Waals surface area contributed by atoms with Gasteiger partial charge in [0.05, 0.1) is 19.6 Å². The van der Waals surface area contributed by atoms with Crippen LogP contribution in [0, 0.1) is 0 Å². The number of aliphatic carboxylic acids is 3. The number of nitrogens with two attached hydrogens (primary N) is 3. The second-order valence-electron chi connectivity index (χ2n) is 9.77. The van der Waals surface area contributed by atoms with Gasteiger partial charge in [0.25, 0.3) is 0 Å². The van der Waals surface area contributed by atoms with Crippen LogP contribution in [0.1, 0.15) is 142 Å². The van der Waals surface area contributed by atoms with Crippen molar-refractivity contribution in [2.75, 3.05) is 31.1 Å². The van der Waals surface area contributed by atoms with Gasteiger partial charge in [0.2, 0.25) is 0 Å². The monoisotopic (exact) mass is 618 g/mol. The van der Waals surface area contributed by atoms with Gasteiger partial charge in [-0.15, -0.1) is 0 Å². The molecule has 0 spiro atoms. The molecule has 0 aromatic carbocycles. The summed E-state index contributed by atoms with van der Waals surface area (Å²) >= 11 is 2.21. The van der Waals surface area contributed by atoms with E-state index in [0.717, 1.165) is 0 Å². The van der Waals surface area contributed by atoms with Crippen LogP contribution in [0.3, 0.4) is 0 Å². The summed E-state index contributed by atoms with van der Waals surface area (Å²) in [7, 11) is 0. The van der Waals surface area contributed by atoms with Crippen molar-refractivity contribution in [3.8, 4) is 0 Å². The summed E-state index contributed by atoms with van der Waals surface area (Å²) in [5, 5.41) is 22.8. The molecule has 0 rings (SSSR count). The maximum absolute atomic E-state index is 9.24. The van der Waals surface area contributed by atoms with E-state index >= 15 is 0 Å². The van der Waals surface area contributed by atoms with Gasteiger partial charge in [0, 0.05) is 29.6 Å². The molecule has 0 heterocycles. The van der Waals surface area contributed by atoms with Gasteiger partial charge in [-0.2, -0.15) is 11.8 Å². The van der Waals surface area contributed by atoms with Crippen molar-refractivity contribution in [2.24, 2.45) is 17.2 Å². The molecule has 0 fully saturated rings. The molecule has 0 amide bonds. The number of carboxylic acids is 3. The van der Waals surface area contributed by atoms with Crippen LogP contribution in [-0.4, -0.2) is 93.9 Å². The zero-order valence-corrected chi connectivity index (χ0v) is 29.7. The first-order valence-corrected chi connectivity index (χ1v) is 16.7. The maximum atomic E-state index is 9.24. The summed E-state index contributed by atoms with van der Waals surface area (Å²) in [4.78, 5) is 27.7. The average Bonchev–Trinajstić information content (AvgIpc) is 2.94. The van der Waals surface area contributed by atoms with Crippen LogP contribution in [0.15, 0.2) is 0 Å². The van der Waals surface area contributed by atoms with E-state index in [2.05, 4.69) is 42.8 Å². The molecule has 0 atom stereocenters. The van der Waals surface area contributed by atoms with Gasteiger partial charge in [-0.3, -0.25) is 14.4 Å². The first-order valence-electron chi connectivity index (χ1n) is 15.6. The molecule has 0 aliphatic rings. The van der Waals surface area contributed by atoms with E-state index in [1.807, 2.05) is 0 Å². The molecular formula is C30H65N3NaO6S. The molecular weight excluding hydrogens is 553 g/mol. The zero-order chi connectivity index (χ0) is 31.1. The third-order valence-corrected chi connectivity index (χ3v) is 6.96. The molecule has 0 aromatic rings. The number of thioether (sulfide) groups is 1. The molecule has 0 aromatic heterocycles. The molecule has 0 unspecified atom stereocenters. The summed E-state index contributed by atoms with van der Waals surface area (Å²) in [5.74, 6) is -0.0815. The molecule has 0 bridgehead atoms. The normalized spacial score (nSPS) is 9.59. The molecule has 0 aliphatic carbocycles. The Morgan fingerprint density at radius 2 is 0.610 bits per heavy atom. The molecule has 0 saturated heterocycles. The number of rotatable bonds is 25. The van der Waals surface area contributed by atoms with E-state index in [1.54, 1.807) is 0 Å². The topological polar surface area (TPSA) is 190 Å². The van der Waals surface area contributed by atoms with Gasteiger partial charge >= 0.3 is 17.9 Å². The minimum atomic E-state index is -0.968. The van der Waals surface area contributed by atoms with Gasteiger partial charge in [-0.05, 0) is 24.3 Å². The third-order valence-electron chi connectivity index (χ3n) is 5.81. The molecule has 9 N–H and O–H groups in total.